The molecule has 10 N–H and O–H groups in total. The molecule has 4 rings (SSSR count). The summed E-state index contributed by atoms with van der Waals surface area (Å²) < 4.78 is 24.7. The summed E-state index contributed by atoms with van der Waals surface area (Å²) in [4.78, 5) is 8.79. The highest BCUT2D eigenvalue weighted by Crippen LogP contribution is 2.41. The molecule has 0 amide bonds. The quantitative estimate of drug-likeness (QED) is 0.131. The Balaban J connectivity index is 1.70. The van der Waals surface area contributed by atoms with Gasteiger partial charge >= 0.3 is 18.2 Å². The highest BCUT2D eigenvalue weighted by Gasteiger charge is 2.54. The third kappa shape index (κ3) is 6.51. The van der Waals surface area contributed by atoms with Crippen LogP contribution >= 0.6 is 15.9 Å². The molecular weight excluding hydrogens is 595 g/mol. The van der Waals surface area contributed by atoms with Crippen LogP contribution in [-0.4, -0.2) is 97.7 Å². The van der Waals surface area contributed by atoms with Gasteiger partial charge in [-0.05, 0) is 37.1 Å². The van der Waals surface area contributed by atoms with E-state index in [0.29, 0.717) is 4.47 Å². The molecule has 0 bridgehead atoms. The molecule has 0 unspecified atom stereocenters. The number of aromatic nitrogens is 2. The number of nitrogens with one attached hydrogen (secondary N) is 1. The number of hydrogen-bond acceptors (Lipinski definition) is 15. The SMILES string of the molecule is OC(O)(O)Oc1cc2c(Nc3ccc(Br)cc3F)ncnc2cc1OC(O)(O)C1(O)CCN(C(O)(O)O)CC1. The third-order valence-electron chi connectivity index (χ3n) is 6.01. The zero-order valence-corrected chi connectivity index (χ0v) is 21.3. The van der Waals surface area contributed by atoms with E-state index in [4.69, 9.17) is 4.74 Å². The Kier molecular flexibility index (Phi) is 7.71. The van der Waals surface area contributed by atoms with Crippen molar-refractivity contribution < 1.29 is 59.8 Å². The second kappa shape index (κ2) is 10.3. The van der Waals surface area contributed by atoms with Crippen molar-refractivity contribution >= 4 is 38.3 Å². The van der Waals surface area contributed by atoms with Crippen LogP contribution in [0.15, 0.2) is 41.1 Å². The van der Waals surface area contributed by atoms with E-state index >= 15 is 0 Å². The molecule has 15 nitrogen and oxygen atoms in total. The van der Waals surface area contributed by atoms with E-state index in [-0.39, 0.29) is 22.4 Å². The van der Waals surface area contributed by atoms with Crippen LogP contribution in [0.25, 0.3) is 10.9 Å². The van der Waals surface area contributed by atoms with Crippen molar-refractivity contribution in [1.82, 2.24) is 14.9 Å². The van der Waals surface area contributed by atoms with Crippen LogP contribution in [0.2, 0.25) is 0 Å². The molecular formula is C22H24BrFN4O11. The van der Waals surface area contributed by atoms with Crippen molar-refractivity contribution in [3.05, 3.63) is 46.9 Å². The number of piperidine rings is 1. The lowest BCUT2D eigenvalue weighted by Gasteiger charge is -2.45. The molecule has 39 heavy (non-hydrogen) atoms. The molecule has 0 saturated carbocycles. The average Bonchev–Trinajstić information content (AvgIpc) is 2.80. The summed E-state index contributed by atoms with van der Waals surface area (Å²) in [5.74, 6) is -5.38. The van der Waals surface area contributed by atoms with E-state index in [1.54, 1.807) is 6.07 Å². The van der Waals surface area contributed by atoms with Crippen LogP contribution < -0.4 is 14.8 Å². The lowest BCUT2D eigenvalue weighted by molar-refractivity contribution is -0.423. The van der Waals surface area contributed by atoms with E-state index in [9.17, 15) is 50.3 Å². The van der Waals surface area contributed by atoms with Crippen molar-refractivity contribution in [1.29, 1.82) is 0 Å². The topological polar surface area (TPSA) is 242 Å². The van der Waals surface area contributed by atoms with Gasteiger partial charge < -0.3 is 60.7 Å². The summed E-state index contributed by atoms with van der Waals surface area (Å²) in [5, 5.41) is 91.2. The molecule has 3 aromatic rings. The van der Waals surface area contributed by atoms with E-state index in [1.165, 1.54) is 12.1 Å². The van der Waals surface area contributed by atoms with Gasteiger partial charge in [0.05, 0.1) is 11.2 Å². The van der Waals surface area contributed by atoms with Crippen molar-refractivity contribution in [2.75, 3.05) is 18.4 Å². The highest BCUT2D eigenvalue weighted by molar-refractivity contribution is 9.10. The largest absolute Gasteiger partial charge is 0.453 e. The number of halogens is 2. The number of rotatable bonds is 8. The van der Waals surface area contributed by atoms with Gasteiger partial charge in [-0.25, -0.2) is 19.3 Å². The van der Waals surface area contributed by atoms with Gasteiger partial charge in [-0.2, -0.15) is 0 Å². The maximum Gasteiger partial charge on any atom is 0.453 e. The zero-order chi connectivity index (χ0) is 28.8. The zero-order valence-electron chi connectivity index (χ0n) is 19.7. The molecule has 212 valence electrons. The van der Waals surface area contributed by atoms with Crippen LogP contribution in [0.3, 0.4) is 0 Å². The number of benzene rings is 2. The molecule has 1 aromatic heterocycles. The summed E-state index contributed by atoms with van der Waals surface area (Å²) in [7, 11) is 0. The lowest BCUT2D eigenvalue weighted by atomic mass is 9.88. The van der Waals surface area contributed by atoms with Gasteiger partial charge in [0.15, 0.2) is 17.1 Å². The summed E-state index contributed by atoms with van der Waals surface area (Å²) >= 11 is 3.15. The van der Waals surface area contributed by atoms with Crippen molar-refractivity contribution in [3.8, 4) is 11.5 Å². The molecule has 2 aromatic carbocycles. The fourth-order valence-electron chi connectivity index (χ4n) is 3.94. The minimum Gasteiger partial charge on any atom is -0.433 e. The van der Waals surface area contributed by atoms with Gasteiger partial charge in [0.1, 0.15) is 18.0 Å². The Morgan fingerprint density at radius 2 is 1.56 bits per heavy atom. The Morgan fingerprint density at radius 3 is 2.15 bits per heavy atom. The van der Waals surface area contributed by atoms with Crippen LogP contribution in [-0.2, 0) is 0 Å². The second-order valence-corrected chi connectivity index (χ2v) is 9.71. The number of aliphatic hydroxyl groups is 9. The van der Waals surface area contributed by atoms with E-state index < -0.39 is 67.1 Å². The summed E-state index contributed by atoms with van der Waals surface area (Å²) in [5.41, 5.74) is -2.39. The first-order valence-electron chi connectivity index (χ1n) is 11.1. The predicted molar refractivity (Wildman–Crippen MR) is 130 cm³/mol. The maximum absolute atomic E-state index is 14.4. The molecule has 1 fully saturated rings. The van der Waals surface area contributed by atoms with E-state index in [1.807, 2.05) is 0 Å². The van der Waals surface area contributed by atoms with Gasteiger partial charge in [-0.15, -0.1) is 0 Å². The molecule has 0 radical (unpaired) electrons. The maximum atomic E-state index is 14.4. The fraction of sp³-hybridized carbons (Fsp3) is 0.364. The number of anilines is 2. The number of ether oxygens (including phenoxy) is 2. The van der Waals surface area contributed by atoms with Gasteiger partial charge in [-0.3, -0.25) is 0 Å². The number of hydrogen-bond donors (Lipinski definition) is 10. The molecule has 2 heterocycles. The predicted octanol–water partition coefficient (Wildman–Crippen LogP) is -1.33. The smallest absolute Gasteiger partial charge is 0.433 e. The van der Waals surface area contributed by atoms with Gasteiger partial charge in [0.2, 0.25) is 0 Å². The molecule has 0 atom stereocenters. The molecule has 0 aliphatic carbocycles. The van der Waals surface area contributed by atoms with Crippen molar-refractivity contribution in [2.45, 2.75) is 36.7 Å². The Labute approximate surface area is 226 Å². The third-order valence-corrected chi connectivity index (χ3v) is 6.50. The highest BCUT2D eigenvalue weighted by atomic mass is 79.9. The van der Waals surface area contributed by atoms with Crippen LogP contribution in [0.1, 0.15) is 12.8 Å². The first-order valence-corrected chi connectivity index (χ1v) is 11.9. The molecule has 1 saturated heterocycles. The van der Waals surface area contributed by atoms with Gasteiger partial charge in [-0.1, -0.05) is 15.9 Å². The summed E-state index contributed by atoms with van der Waals surface area (Å²) in [6.07, 6.45) is -6.96. The number of nitrogens with zero attached hydrogens (tertiary/aromatic N) is 3. The van der Waals surface area contributed by atoms with Crippen molar-refractivity contribution in [2.24, 2.45) is 0 Å². The van der Waals surface area contributed by atoms with E-state index in [2.05, 4.69) is 36.0 Å². The molecule has 0 spiro atoms. The van der Waals surface area contributed by atoms with Crippen LogP contribution in [0.5, 0.6) is 11.5 Å². The normalized spacial score (nSPS) is 16.8. The first-order chi connectivity index (χ1) is 18.0. The standard InChI is InChI=1S/C22H24BrFN4O11/c23-11-1-2-14(13(24)7-11)27-18-12-8-16(39-22(35,36)37)17(9-15(12)25-10-26-18)38-20(30,31)19(29)3-5-28(6-4-19)21(32,33)34/h1-2,7-10,29-37H,3-6H2,(H,25,26,27). The minimum atomic E-state index is -3.77. The lowest BCUT2D eigenvalue weighted by Crippen LogP contribution is -2.65. The first kappa shape index (κ1) is 29.2. The Hall–Kier alpha value is -2.81. The average molecular weight is 619 g/mol. The minimum absolute atomic E-state index is 0.00259. The van der Waals surface area contributed by atoms with Gasteiger partial charge in [0.25, 0.3) is 0 Å². The summed E-state index contributed by atoms with van der Waals surface area (Å²) in [6.45, 7) is -0.815. The van der Waals surface area contributed by atoms with Crippen LogP contribution in [0.4, 0.5) is 15.9 Å². The number of fused-ring (bicyclic) bond motifs is 1. The Morgan fingerprint density at radius 1 is 0.923 bits per heavy atom. The number of likely N-dealkylation sites (tertiary alicyclic amines) is 1. The van der Waals surface area contributed by atoms with Gasteiger partial charge in [0, 0.05) is 29.0 Å². The van der Waals surface area contributed by atoms with Crippen LogP contribution in [0, 0.1) is 5.82 Å². The molecule has 17 heteroatoms. The second-order valence-electron chi connectivity index (χ2n) is 8.79. The Bertz CT molecular complexity index is 1360. The van der Waals surface area contributed by atoms with Crippen molar-refractivity contribution in [3.63, 3.8) is 0 Å². The summed E-state index contributed by atoms with van der Waals surface area (Å²) in [6, 6.07) is 6.21. The fourth-order valence-corrected chi connectivity index (χ4v) is 4.27. The van der Waals surface area contributed by atoms with E-state index in [0.717, 1.165) is 23.4 Å². The monoisotopic (exact) mass is 618 g/mol. The molecule has 1 aliphatic heterocycles. The molecule has 1 aliphatic rings.